The van der Waals surface area contributed by atoms with Crippen molar-refractivity contribution in [1.29, 1.82) is 0 Å². The molecule has 1 aromatic rings. The Morgan fingerprint density at radius 2 is 1.94 bits per heavy atom. The molecule has 0 spiro atoms. The Hall–Kier alpha value is -1.06. The maximum atomic E-state index is 9.97. The largest absolute Gasteiger partial charge is 0.508 e. The van der Waals surface area contributed by atoms with Crippen LogP contribution in [0.5, 0.6) is 5.75 Å². The van der Waals surface area contributed by atoms with Gasteiger partial charge in [0.2, 0.25) is 0 Å². The van der Waals surface area contributed by atoms with Crippen molar-refractivity contribution >= 4 is 0 Å². The van der Waals surface area contributed by atoms with E-state index in [-0.39, 0.29) is 6.04 Å². The zero-order valence-corrected chi connectivity index (χ0v) is 11.3. The van der Waals surface area contributed by atoms with E-state index in [4.69, 9.17) is 5.73 Å². The first-order chi connectivity index (χ1) is 8.56. The number of rotatable bonds is 3. The minimum atomic E-state index is 0.185. The van der Waals surface area contributed by atoms with Crippen molar-refractivity contribution in [3.05, 3.63) is 29.3 Å². The minimum absolute atomic E-state index is 0.185. The number of hydrogen-bond acceptors (Lipinski definition) is 3. The molecule has 0 aromatic heterocycles. The van der Waals surface area contributed by atoms with Gasteiger partial charge in [-0.1, -0.05) is 12.1 Å². The van der Waals surface area contributed by atoms with Crippen molar-refractivity contribution in [2.24, 2.45) is 5.73 Å². The van der Waals surface area contributed by atoms with Gasteiger partial charge in [-0.25, -0.2) is 0 Å². The molecule has 1 atom stereocenters. The molecule has 1 fully saturated rings. The van der Waals surface area contributed by atoms with Crippen LogP contribution in [0.1, 0.15) is 49.8 Å². The number of benzene rings is 1. The summed E-state index contributed by atoms with van der Waals surface area (Å²) in [4.78, 5) is 0. The third-order valence-corrected chi connectivity index (χ3v) is 3.91. The van der Waals surface area contributed by atoms with Gasteiger partial charge in [-0.05, 0) is 51.2 Å². The number of aryl methyl sites for hydroxylation is 1. The number of nitrogens with one attached hydrogen (secondary N) is 1. The predicted molar refractivity (Wildman–Crippen MR) is 74.6 cm³/mol. The third-order valence-electron chi connectivity index (χ3n) is 3.91. The van der Waals surface area contributed by atoms with Crippen molar-refractivity contribution in [2.75, 3.05) is 0 Å². The molecule has 1 unspecified atom stereocenters. The molecule has 0 amide bonds. The van der Waals surface area contributed by atoms with Crippen molar-refractivity contribution in [2.45, 2.75) is 57.7 Å². The van der Waals surface area contributed by atoms with Gasteiger partial charge < -0.3 is 16.2 Å². The van der Waals surface area contributed by atoms with Crippen LogP contribution in [0.4, 0.5) is 0 Å². The van der Waals surface area contributed by atoms with Crippen LogP contribution in [-0.4, -0.2) is 17.2 Å². The van der Waals surface area contributed by atoms with Crippen LogP contribution in [0, 0.1) is 6.92 Å². The lowest BCUT2D eigenvalue weighted by Gasteiger charge is -2.30. The van der Waals surface area contributed by atoms with Crippen LogP contribution in [0.25, 0.3) is 0 Å². The second kappa shape index (κ2) is 5.72. The van der Waals surface area contributed by atoms with E-state index in [2.05, 4.69) is 12.2 Å². The zero-order chi connectivity index (χ0) is 13.1. The normalized spacial score (nSPS) is 25.9. The Labute approximate surface area is 109 Å². The average molecular weight is 248 g/mol. The highest BCUT2D eigenvalue weighted by atomic mass is 16.3. The zero-order valence-electron chi connectivity index (χ0n) is 11.3. The Bertz CT molecular complexity index is 397. The summed E-state index contributed by atoms with van der Waals surface area (Å²) in [7, 11) is 0. The summed E-state index contributed by atoms with van der Waals surface area (Å²) in [5.41, 5.74) is 7.98. The highest BCUT2D eigenvalue weighted by molar-refractivity contribution is 5.37. The van der Waals surface area contributed by atoms with Crippen LogP contribution in [-0.2, 0) is 0 Å². The molecular formula is C15H24N2O. The summed E-state index contributed by atoms with van der Waals surface area (Å²) in [5.74, 6) is 0.391. The molecule has 2 rings (SSSR count). The van der Waals surface area contributed by atoms with E-state index in [9.17, 15) is 5.11 Å². The fourth-order valence-electron chi connectivity index (χ4n) is 2.75. The van der Waals surface area contributed by atoms with Gasteiger partial charge in [0.25, 0.3) is 0 Å². The molecule has 0 heterocycles. The lowest BCUT2D eigenvalue weighted by Crippen LogP contribution is -2.38. The van der Waals surface area contributed by atoms with E-state index in [1.54, 1.807) is 0 Å². The Morgan fingerprint density at radius 3 is 2.56 bits per heavy atom. The van der Waals surface area contributed by atoms with Gasteiger partial charge in [0.05, 0.1) is 0 Å². The molecule has 4 N–H and O–H groups in total. The Kier molecular flexibility index (Phi) is 4.25. The lowest BCUT2D eigenvalue weighted by atomic mass is 9.91. The summed E-state index contributed by atoms with van der Waals surface area (Å²) in [6, 6.07) is 6.97. The van der Waals surface area contributed by atoms with Gasteiger partial charge in [0.1, 0.15) is 5.75 Å². The lowest BCUT2D eigenvalue weighted by molar-refractivity contribution is 0.319. The molecular weight excluding hydrogens is 224 g/mol. The minimum Gasteiger partial charge on any atom is -0.508 e. The van der Waals surface area contributed by atoms with Gasteiger partial charge in [0.15, 0.2) is 0 Å². The summed E-state index contributed by atoms with van der Waals surface area (Å²) >= 11 is 0. The van der Waals surface area contributed by atoms with Gasteiger partial charge in [-0.15, -0.1) is 0 Å². The SMILES string of the molecule is Cc1ccc(C(C)NC2CCC(N)CC2)c(O)c1. The number of aromatic hydroxyl groups is 1. The van der Waals surface area contributed by atoms with Crippen molar-refractivity contribution in [3.8, 4) is 5.75 Å². The van der Waals surface area contributed by atoms with Gasteiger partial charge in [-0.2, -0.15) is 0 Å². The van der Waals surface area contributed by atoms with Crippen LogP contribution in [0.15, 0.2) is 18.2 Å². The quantitative estimate of drug-likeness (QED) is 0.770. The number of phenols is 1. The number of hydrogen-bond donors (Lipinski definition) is 3. The molecule has 1 saturated carbocycles. The molecule has 0 bridgehead atoms. The molecule has 3 nitrogen and oxygen atoms in total. The molecule has 1 aliphatic rings. The fraction of sp³-hybridized carbons (Fsp3) is 0.600. The van der Waals surface area contributed by atoms with Crippen LogP contribution in [0.3, 0.4) is 0 Å². The van der Waals surface area contributed by atoms with E-state index in [1.165, 1.54) is 0 Å². The summed E-state index contributed by atoms with van der Waals surface area (Å²) < 4.78 is 0. The monoisotopic (exact) mass is 248 g/mol. The Morgan fingerprint density at radius 1 is 1.28 bits per heavy atom. The number of nitrogens with two attached hydrogens (primary N) is 1. The summed E-state index contributed by atoms with van der Waals surface area (Å²) in [6.07, 6.45) is 4.48. The standard InChI is InChI=1S/C15H24N2O/c1-10-3-8-14(15(18)9-10)11(2)17-13-6-4-12(16)5-7-13/h3,8-9,11-13,17-18H,4-7,16H2,1-2H3. The molecule has 3 heteroatoms. The second-order valence-corrected chi connectivity index (χ2v) is 5.56. The topological polar surface area (TPSA) is 58.3 Å². The van der Waals surface area contributed by atoms with Crippen molar-refractivity contribution in [3.63, 3.8) is 0 Å². The smallest absolute Gasteiger partial charge is 0.120 e. The highest BCUT2D eigenvalue weighted by Crippen LogP contribution is 2.27. The first kappa shape index (κ1) is 13.4. The summed E-state index contributed by atoms with van der Waals surface area (Å²) in [6.45, 7) is 4.10. The van der Waals surface area contributed by atoms with E-state index >= 15 is 0 Å². The van der Waals surface area contributed by atoms with Gasteiger partial charge in [0, 0.05) is 23.7 Å². The second-order valence-electron chi connectivity index (χ2n) is 5.56. The maximum absolute atomic E-state index is 9.97. The van der Waals surface area contributed by atoms with E-state index in [0.29, 0.717) is 17.8 Å². The van der Waals surface area contributed by atoms with Crippen molar-refractivity contribution in [1.82, 2.24) is 5.32 Å². The maximum Gasteiger partial charge on any atom is 0.120 e. The Balaban J connectivity index is 1.97. The van der Waals surface area contributed by atoms with Crippen molar-refractivity contribution < 1.29 is 5.11 Å². The molecule has 1 aromatic carbocycles. The highest BCUT2D eigenvalue weighted by Gasteiger charge is 2.21. The first-order valence-electron chi connectivity index (χ1n) is 6.87. The van der Waals surface area contributed by atoms with E-state index in [0.717, 1.165) is 36.8 Å². The molecule has 18 heavy (non-hydrogen) atoms. The molecule has 1 aliphatic carbocycles. The average Bonchev–Trinajstić information content (AvgIpc) is 2.32. The van der Waals surface area contributed by atoms with Gasteiger partial charge >= 0.3 is 0 Å². The molecule has 0 aliphatic heterocycles. The number of phenolic OH excluding ortho intramolecular Hbond substituents is 1. The summed E-state index contributed by atoms with van der Waals surface area (Å²) in [5, 5.41) is 13.6. The predicted octanol–water partition coefficient (Wildman–Crippen LogP) is 2.62. The molecule has 100 valence electrons. The first-order valence-corrected chi connectivity index (χ1v) is 6.87. The van der Waals surface area contributed by atoms with Crippen LogP contribution < -0.4 is 11.1 Å². The van der Waals surface area contributed by atoms with Crippen LogP contribution >= 0.6 is 0 Å². The van der Waals surface area contributed by atoms with E-state index in [1.807, 2.05) is 25.1 Å². The fourth-order valence-corrected chi connectivity index (χ4v) is 2.75. The van der Waals surface area contributed by atoms with Crippen LogP contribution in [0.2, 0.25) is 0 Å². The molecule has 0 saturated heterocycles. The third kappa shape index (κ3) is 3.24. The molecule has 0 radical (unpaired) electrons. The van der Waals surface area contributed by atoms with Gasteiger partial charge in [-0.3, -0.25) is 0 Å². The van der Waals surface area contributed by atoms with E-state index < -0.39 is 0 Å².